The van der Waals surface area contributed by atoms with Crippen LogP contribution in [0.3, 0.4) is 0 Å². The van der Waals surface area contributed by atoms with Gasteiger partial charge in [-0.2, -0.15) is 0 Å². The standard InChI is InChI=1S/C11H22Cl2O/c1-4-6-14-7-5-11(8-12,9-13)10(2)3/h10H,4-9H2,1-3H3. The lowest BCUT2D eigenvalue weighted by molar-refractivity contribution is 0.0911. The summed E-state index contributed by atoms with van der Waals surface area (Å²) in [5, 5.41) is 0. The molecule has 86 valence electrons. The number of ether oxygens (including phenoxy) is 1. The van der Waals surface area contributed by atoms with Gasteiger partial charge >= 0.3 is 0 Å². The van der Waals surface area contributed by atoms with Crippen molar-refractivity contribution in [2.24, 2.45) is 11.3 Å². The van der Waals surface area contributed by atoms with Crippen LogP contribution in [0.1, 0.15) is 33.6 Å². The van der Waals surface area contributed by atoms with Crippen LogP contribution in [0.4, 0.5) is 0 Å². The fourth-order valence-corrected chi connectivity index (χ4v) is 2.46. The van der Waals surface area contributed by atoms with Gasteiger partial charge in [-0.15, -0.1) is 23.2 Å². The summed E-state index contributed by atoms with van der Waals surface area (Å²) >= 11 is 12.0. The minimum atomic E-state index is 0.0385. The molecule has 0 aromatic rings. The van der Waals surface area contributed by atoms with Crippen molar-refractivity contribution in [3.63, 3.8) is 0 Å². The maximum Gasteiger partial charge on any atom is 0.0472 e. The Kier molecular flexibility index (Phi) is 8.08. The van der Waals surface area contributed by atoms with Crippen LogP contribution in [0, 0.1) is 11.3 Å². The smallest absolute Gasteiger partial charge is 0.0472 e. The summed E-state index contributed by atoms with van der Waals surface area (Å²) in [5.41, 5.74) is 0.0385. The lowest BCUT2D eigenvalue weighted by atomic mass is 9.78. The summed E-state index contributed by atoms with van der Waals surface area (Å²) in [6, 6.07) is 0. The maximum atomic E-state index is 5.99. The zero-order chi connectivity index (χ0) is 11.0. The highest BCUT2D eigenvalue weighted by atomic mass is 35.5. The summed E-state index contributed by atoms with van der Waals surface area (Å²) in [4.78, 5) is 0. The number of halogens is 2. The number of alkyl halides is 2. The Balaban J connectivity index is 3.95. The second kappa shape index (κ2) is 7.78. The first-order chi connectivity index (χ1) is 6.63. The van der Waals surface area contributed by atoms with E-state index in [2.05, 4.69) is 20.8 Å². The fraction of sp³-hybridized carbons (Fsp3) is 1.00. The molecule has 0 radical (unpaired) electrons. The Labute approximate surface area is 98.1 Å². The van der Waals surface area contributed by atoms with Crippen LogP contribution >= 0.6 is 23.2 Å². The molecule has 0 rings (SSSR count). The van der Waals surface area contributed by atoms with E-state index in [1.54, 1.807) is 0 Å². The van der Waals surface area contributed by atoms with E-state index in [1.165, 1.54) is 0 Å². The molecule has 0 spiro atoms. The first-order valence-corrected chi connectivity index (χ1v) is 6.39. The Morgan fingerprint density at radius 2 is 1.71 bits per heavy atom. The molecule has 0 aliphatic rings. The average Bonchev–Trinajstić information content (AvgIpc) is 2.18. The van der Waals surface area contributed by atoms with E-state index in [0.717, 1.165) is 26.1 Å². The molecule has 0 aromatic carbocycles. The molecule has 0 aromatic heterocycles. The molecule has 0 unspecified atom stereocenters. The molecular weight excluding hydrogens is 219 g/mol. The Bertz CT molecular complexity index is 133. The number of hydrogen-bond acceptors (Lipinski definition) is 1. The van der Waals surface area contributed by atoms with Crippen LogP contribution in [-0.2, 0) is 4.74 Å². The van der Waals surface area contributed by atoms with Crippen LogP contribution in [0.25, 0.3) is 0 Å². The zero-order valence-corrected chi connectivity index (χ0v) is 11.0. The highest BCUT2D eigenvalue weighted by Gasteiger charge is 2.31. The second-order valence-electron chi connectivity index (χ2n) is 4.15. The van der Waals surface area contributed by atoms with Crippen molar-refractivity contribution in [1.29, 1.82) is 0 Å². The number of rotatable bonds is 8. The third-order valence-electron chi connectivity index (χ3n) is 2.85. The highest BCUT2D eigenvalue weighted by molar-refractivity contribution is 6.21. The molecule has 0 N–H and O–H groups in total. The van der Waals surface area contributed by atoms with Crippen molar-refractivity contribution in [3.05, 3.63) is 0 Å². The van der Waals surface area contributed by atoms with Gasteiger partial charge in [0.25, 0.3) is 0 Å². The van der Waals surface area contributed by atoms with Crippen molar-refractivity contribution in [2.45, 2.75) is 33.6 Å². The average molecular weight is 241 g/mol. The molecule has 0 aliphatic heterocycles. The van der Waals surface area contributed by atoms with Crippen LogP contribution in [0.2, 0.25) is 0 Å². The Hall–Kier alpha value is 0.540. The monoisotopic (exact) mass is 240 g/mol. The van der Waals surface area contributed by atoms with E-state index in [-0.39, 0.29) is 5.41 Å². The third-order valence-corrected chi connectivity index (χ3v) is 3.91. The predicted octanol–water partition coefficient (Wildman–Crippen LogP) is 3.92. The topological polar surface area (TPSA) is 9.23 Å². The predicted molar refractivity (Wildman–Crippen MR) is 64.4 cm³/mol. The lowest BCUT2D eigenvalue weighted by Crippen LogP contribution is -2.33. The highest BCUT2D eigenvalue weighted by Crippen LogP contribution is 2.34. The largest absolute Gasteiger partial charge is 0.381 e. The summed E-state index contributed by atoms with van der Waals surface area (Å²) in [7, 11) is 0. The molecule has 3 heteroatoms. The fourth-order valence-electron chi connectivity index (χ4n) is 1.29. The van der Waals surface area contributed by atoms with E-state index < -0.39 is 0 Å². The van der Waals surface area contributed by atoms with Crippen LogP contribution in [-0.4, -0.2) is 25.0 Å². The molecule has 0 aliphatic carbocycles. The van der Waals surface area contributed by atoms with Crippen molar-refractivity contribution in [2.75, 3.05) is 25.0 Å². The van der Waals surface area contributed by atoms with Gasteiger partial charge < -0.3 is 4.74 Å². The summed E-state index contributed by atoms with van der Waals surface area (Å²) in [6.45, 7) is 8.05. The quantitative estimate of drug-likeness (QED) is 0.462. The lowest BCUT2D eigenvalue weighted by Gasteiger charge is -2.33. The Morgan fingerprint density at radius 3 is 2.07 bits per heavy atom. The molecule has 0 amide bonds. The molecule has 0 saturated carbocycles. The van der Waals surface area contributed by atoms with Gasteiger partial charge in [0.05, 0.1) is 0 Å². The SMILES string of the molecule is CCCOCCC(CCl)(CCl)C(C)C. The maximum absolute atomic E-state index is 5.99. The van der Waals surface area contributed by atoms with Gasteiger partial charge in [0.2, 0.25) is 0 Å². The van der Waals surface area contributed by atoms with Gasteiger partial charge in [0.1, 0.15) is 0 Å². The van der Waals surface area contributed by atoms with E-state index in [9.17, 15) is 0 Å². The van der Waals surface area contributed by atoms with Gasteiger partial charge in [0.15, 0.2) is 0 Å². The van der Waals surface area contributed by atoms with E-state index in [0.29, 0.717) is 17.7 Å². The normalized spacial score (nSPS) is 12.4. The molecule has 0 atom stereocenters. The third kappa shape index (κ3) is 4.37. The first-order valence-electron chi connectivity index (χ1n) is 5.32. The molecule has 0 saturated heterocycles. The molecule has 14 heavy (non-hydrogen) atoms. The minimum absolute atomic E-state index is 0.0385. The van der Waals surface area contributed by atoms with Crippen LogP contribution in [0.5, 0.6) is 0 Å². The minimum Gasteiger partial charge on any atom is -0.381 e. The summed E-state index contributed by atoms with van der Waals surface area (Å²) < 4.78 is 5.47. The summed E-state index contributed by atoms with van der Waals surface area (Å²) in [6.07, 6.45) is 2.02. The van der Waals surface area contributed by atoms with Gasteiger partial charge in [-0.1, -0.05) is 20.8 Å². The van der Waals surface area contributed by atoms with Crippen molar-refractivity contribution < 1.29 is 4.74 Å². The van der Waals surface area contributed by atoms with Crippen molar-refractivity contribution >= 4 is 23.2 Å². The van der Waals surface area contributed by atoms with Crippen LogP contribution in [0.15, 0.2) is 0 Å². The zero-order valence-electron chi connectivity index (χ0n) is 9.48. The molecule has 0 fully saturated rings. The van der Waals surface area contributed by atoms with Gasteiger partial charge in [-0.05, 0) is 18.8 Å². The molecule has 0 bridgehead atoms. The van der Waals surface area contributed by atoms with Gasteiger partial charge in [0, 0.05) is 30.4 Å². The second-order valence-corrected chi connectivity index (χ2v) is 4.68. The molecule has 0 heterocycles. The summed E-state index contributed by atoms with van der Waals surface area (Å²) in [5.74, 6) is 1.73. The first kappa shape index (κ1) is 14.5. The number of hydrogen-bond donors (Lipinski definition) is 0. The van der Waals surface area contributed by atoms with Gasteiger partial charge in [-0.25, -0.2) is 0 Å². The van der Waals surface area contributed by atoms with E-state index >= 15 is 0 Å². The Morgan fingerprint density at radius 1 is 1.14 bits per heavy atom. The molecular formula is C11H22Cl2O. The van der Waals surface area contributed by atoms with Crippen LogP contribution < -0.4 is 0 Å². The van der Waals surface area contributed by atoms with E-state index in [4.69, 9.17) is 27.9 Å². The van der Waals surface area contributed by atoms with Crippen molar-refractivity contribution in [1.82, 2.24) is 0 Å². The van der Waals surface area contributed by atoms with Gasteiger partial charge in [-0.3, -0.25) is 0 Å². The van der Waals surface area contributed by atoms with E-state index in [1.807, 2.05) is 0 Å². The van der Waals surface area contributed by atoms with Crippen molar-refractivity contribution in [3.8, 4) is 0 Å². The molecule has 1 nitrogen and oxygen atoms in total.